The molecule has 2 heteroatoms. The smallest absolute Gasteiger partial charge is 0.223 e. The highest BCUT2D eigenvalue weighted by atomic mass is 16.1. The van der Waals surface area contributed by atoms with Crippen molar-refractivity contribution >= 4 is 5.91 Å². The fraction of sp³-hybridized carbons (Fsp3) is 0.917. The van der Waals surface area contributed by atoms with E-state index < -0.39 is 0 Å². The first-order valence-electron chi connectivity index (χ1n) is 6.04. The van der Waals surface area contributed by atoms with Crippen molar-refractivity contribution in [3.05, 3.63) is 0 Å². The van der Waals surface area contributed by atoms with Gasteiger partial charge in [0, 0.05) is 12.0 Å². The number of nitrogens with one attached hydrogen (secondary N) is 1. The van der Waals surface area contributed by atoms with E-state index in [0.29, 0.717) is 17.9 Å². The van der Waals surface area contributed by atoms with E-state index in [-0.39, 0.29) is 0 Å². The Hall–Kier alpha value is -0.530. The molecule has 1 N–H and O–H groups in total. The Morgan fingerprint density at radius 2 is 2.00 bits per heavy atom. The van der Waals surface area contributed by atoms with Gasteiger partial charge in [0.2, 0.25) is 5.91 Å². The van der Waals surface area contributed by atoms with Crippen LogP contribution >= 0.6 is 0 Å². The van der Waals surface area contributed by atoms with E-state index in [0.717, 1.165) is 25.7 Å². The zero-order valence-corrected chi connectivity index (χ0v) is 9.51. The molecule has 82 valence electrons. The molecular weight excluding hydrogens is 174 g/mol. The van der Waals surface area contributed by atoms with E-state index in [1.54, 1.807) is 0 Å². The van der Waals surface area contributed by atoms with Crippen molar-refractivity contribution in [2.24, 2.45) is 5.92 Å². The summed E-state index contributed by atoms with van der Waals surface area (Å²) in [6, 6.07) is 0.356. The summed E-state index contributed by atoms with van der Waals surface area (Å²) in [5, 5.41) is 3.11. The molecule has 0 spiro atoms. The van der Waals surface area contributed by atoms with E-state index in [1.165, 1.54) is 19.3 Å². The van der Waals surface area contributed by atoms with Crippen LogP contribution in [0.15, 0.2) is 0 Å². The summed E-state index contributed by atoms with van der Waals surface area (Å²) in [6.45, 7) is 4.26. The van der Waals surface area contributed by atoms with Gasteiger partial charge in [-0.05, 0) is 26.2 Å². The van der Waals surface area contributed by atoms with Gasteiger partial charge in [-0.3, -0.25) is 4.79 Å². The third-order valence-corrected chi connectivity index (χ3v) is 3.09. The number of rotatable bonds is 4. The maximum Gasteiger partial charge on any atom is 0.223 e. The summed E-state index contributed by atoms with van der Waals surface area (Å²) in [5.74, 6) is 0.605. The standard InChI is InChI=1S/C12H23NO/c1-3-7-10(2)13-12(14)11-8-5-4-6-9-11/h10-11H,3-9H2,1-2H3,(H,13,14)/t10-/m0/s1. The van der Waals surface area contributed by atoms with Gasteiger partial charge in [-0.1, -0.05) is 32.6 Å². The molecule has 0 aromatic rings. The highest BCUT2D eigenvalue weighted by Crippen LogP contribution is 2.23. The van der Waals surface area contributed by atoms with Gasteiger partial charge in [-0.15, -0.1) is 0 Å². The van der Waals surface area contributed by atoms with Crippen molar-refractivity contribution in [2.45, 2.75) is 64.8 Å². The van der Waals surface area contributed by atoms with Crippen LogP contribution in [-0.4, -0.2) is 11.9 Å². The van der Waals surface area contributed by atoms with Gasteiger partial charge in [0.05, 0.1) is 0 Å². The number of carbonyl (C=O) groups is 1. The molecule has 1 aliphatic carbocycles. The lowest BCUT2D eigenvalue weighted by molar-refractivity contribution is -0.126. The van der Waals surface area contributed by atoms with Gasteiger partial charge < -0.3 is 5.32 Å². The van der Waals surface area contributed by atoms with E-state index >= 15 is 0 Å². The van der Waals surface area contributed by atoms with Gasteiger partial charge in [0.25, 0.3) is 0 Å². The second-order valence-electron chi connectivity index (χ2n) is 4.53. The first-order chi connectivity index (χ1) is 6.74. The van der Waals surface area contributed by atoms with Crippen molar-refractivity contribution in [1.82, 2.24) is 5.32 Å². The lowest BCUT2D eigenvalue weighted by atomic mass is 9.88. The first-order valence-corrected chi connectivity index (χ1v) is 6.04. The average molecular weight is 197 g/mol. The largest absolute Gasteiger partial charge is 0.353 e. The van der Waals surface area contributed by atoms with Crippen molar-refractivity contribution in [1.29, 1.82) is 0 Å². The minimum absolute atomic E-state index is 0.297. The second-order valence-corrected chi connectivity index (χ2v) is 4.53. The molecule has 1 amide bonds. The summed E-state index contributed by atoms with van der Waals surface area (Å²) < 4.78 is 0. The van der Waals surface area contributed by atoms with Crippen molar-refractivity contribution in [3.8, 4) is 0 Å². The molecule has 0 heterocycles. The van der Waals surface area contributed by atoms with Crippen molar-refractivity contribution < 1.29 is 4.79 Å². The Balaban J connectivity index is 2.25. The third-order valence-electron chi connectivity index (χ3n) is 3.09. The van der Waals surface area contributed by atoms with Crippen molar-refractivity contribution in [2.75, 3.05) is 0 Å². The summed E-state index contributed by atoms with van der Waals surface area (Å²) in [5.41, 5.74) is 0. The summed E-state index contributed by atoms with van der Waals surface area (Å²) in [4.78, 5) is 11.8. The van der Waals surface area contributed by atoms with E-state index in [2.05, 4.69) is 19.2 Å². The van der Waals surface area contributed by atoms with Crippen LogP contribution in [0.1, 0.15) is 58.8 Å². The molecule has 1 fully saturated rings. The molecule has 0 saturated heterocycles. The molecular formula is C12H23NO. The zero-order valence-electron chi connectivity index (χ0n) is 9.51. The Morgan fingerprint density at radius 3 is 2.57 bits per heavy atom. The molecule has 0 unspecified atom stereocenters. The van der Waals surface area contributed by atoms with Crippen LogP contribution in [0.25, 0.3) is 0 Å². The maximum atomic E-state index is 11.8. The molecule has 1 rings (SSSR count). The lowest BCUT2D eigenvalue weighted by Crippen LogP contribution is -2.37. The van der Waals surface area contributed by atoms with Crippen LogP contribution in [0.4, 0.5) is 0 Å². The summed E-state index contributed by atoms with van der Waals surface area (Å²) >= 11 is 0. The number of amides is 1. The van der Waals surface area contributed by atoms with Gasteiger partial charge in [0.1, 0.15) is 0 Å². The van der Waals surface area contributed by atoms with Gasteiger partial charge in [0.15, 0.2) is 0 Å². The molecule has 0 aliphatic heterocycles. The minimum Gasteiger partial charge on any atom is -0.353 e. The number of hydrogen-bond acceptors (Lipinski definition) is 1. The number of hydrogen-bond donors (Lipinski definition) is 1. The van der Waals surface area contributed by atoms with Crippen LogP contribution in [0.2, 0.25) is 0 Å². The fourth-order valence-electron chi connectivity index (χ4n) is 2.23. The Labute approximate surface area is 87.5 Å². The molecule has 14 heavy (non-hydrogen) atoms. The molecule has 0 radical (unpaired) electrons. The van der Waals surface area contributed by atoms with Crippen LogP contribution < -0.4 is 5.32 Å². The van der Waals surface area contributed by atoms with E-state index in [4.69, 9.17) is 0 Å². The third kappa shape index (κ3) is 3.69. The minimum atomic E-state index is 0.297. The molecule has 1 atom stereocenters. The Bertz CT molecular complexity index is 173. The van der Waals surface area contributed by atoms with E-state index in [9.17, 15) is 4.79 Å². The fourth-order valence-corrected chi connectivity index (χ4v) is 2.23. The normalized spacial score (nSPS) is 20.4. The summed E-state index contributed by atoms with van der Waals surface area (Å²) in [7, 11) is 0. The topological polar surface area (TPSA) is 29.1 Å². The Morgan fingerprint density at radius 1 is 1.36 bits per heavy atom. The van der Waals surface area contributed by atoms with Crippen LogP contribution in [0.3, 0.4) is 0 Å². The molecule has 0 aromatic heterocycles. The SMILES string of the molecule is CCC[C@H](C)NC(=O)C1CCCCC1. The molecule has 0 bridgehead atoms. The molecule has 0 aromatic carbocycles. The predicted molar refractivity (Wildman–Crippen MR) is 59.1 cm³/mol. The monoisotopic (exact) mass is 197 g/mol. The predicted octanol–water partition coefficient (Wildman–Crippen LogP) is 2.87. The average Bonchev–Trinajstić information content (AvgIpc) is 2.19. The van der Waals surface area contributed by atoms with Crippen LogP contribution in [-0.2, 0) is 4.79 Å². The second kappa shape index (κ2) is 6.05. The molecule has 1 saturated carbocycles. The summed E-state index contributed by atoms with van der Waals surface area (Å²) in [6.07, 6.45) is 8.23. The zero-order chi connectivity index (χ0) is 10.4. The lowest BCUT2D eigenvalue weighted by Gasteiger charge is -2.23. The molecule has 1 aliphatic rings. The van der Waals surface area contributed by atoms with Gasteiger partial charge >= 0.3 is 0 Å². The van der Waals surface area contributed by atoms with Crippen LogP contribution in [0.5, 0.6) is 0 Å². The maximum absolute atomic E-state index is 11.8. The first kappa shape index (κ1) is 11.5. The molecule has 2 nitrogen and oxygen atoms in total. The number of carbonyl (C=O) groups excluding carboxylic acids is 1. The highest BCUT2D eigenvalue weighted by Gasteiger charge is 2.21. The van der Waals surface area contributed by atoms with Crippen molar-refractivity contribution in [3.63, 3.8) is 0 Å². The van der Waals surface area contributed by atoms with Gasteiger partial charge in [-0.2, -0.15) is 0 Å². The van der Waals surface area contributed by atoms with Crippen LogP contribution in [0, 0.1) is 5.92 Å². The van der Waals surface area contributed by atoms with Gasteiger partial charge in [-0.25, -0.2) is 0 Å². The quantitative estimate of drug-likeness (QED) is 0.737. The van der Waals surface area contributed by atoms with E-state index in [1.807, 2.05) is 0 Å². The Kier molecular flexibility index (Phi) is 4.99. The highest BCUT2D eigenvalue weighted by molar-refractivity contribution is 5.78.